The lowest BCUT2D eigenvalue weighted by atomic mass is 10.0. The second-order valence-electron chi connectivity index (χ2n) is 4.56. The van der Waals surface area contributed by atoms with Gasteiger partial charge < -0.3 is 9.88 Å². The van der Waals surface area contributed by atoms with E-state index in [1.54, 1.807) is 10.6 Å². The average molecular weight is 231 g/mol. The maximum Gasteiger partial charge on any atom is 0.268 e. The van der Waals surface area contributed by atoms with Gasteiger partial charge in [0.1, 0.15) is 11.6 Å². The zero-order valence-electron chi connectivity index (χ0n) is 10.1. The maximum atomic E-state index is 12.0. The number of hydrogen-bond donors (Lipinski definition) is 1. The van der Waals surface area contributed by atoms with Crippen LogP contribution in [0.2, 0.25) is 0 Å². The van der Waals surface area contributed by atoms with E-state index in [0.29, 0.717) is 12.6 Å². The Balaban J connectivity index is 2.25. The molecule has 4 nitrogen and oxygen atoms in total. The third-order valence-corrected chi connectivity index (χ3v) is 3.33. The van der Waals surface area contributed by atoms with Gasteiger partial charge in [-0.3, -0.25) is 4.79 Å². The number of nitriles is 1. The molecule has 0 bridgehead atoms. The number of nitrogens with one attached hydrogen (secondary N) is 1. The van der Waals surface area contributed by atoms with Crippen LogP contribution in [0.5, 0.6) is 0 Å². The van der Waals surface area contributed by atoms with E-state index in [4.69, 9.17) is 5.26 Å². The second-order valence-corrected chi connectivity index (χ2v) is 4.56. The summed E-state index contributed by atoms with van der Waals surface area (Å²) in [6.45, 7) is 3.60. The largest absolute Gasteiger partial charge is 0.312 e. The van der Waals surface area contributed by atoms with Crippen LogP contribution in [-0.4, -0.2) is 17.2 Å². The van der Waals surface area contributed by atoms with Crippen LogP contribution in [0.1, 0.15) is 30.5 Å². The number of nitrogens with zero attached hydrogens (tertiary/aromatic N) is 2. The number of aryl methyl sites for hydroxylation is 1. The molecule has 1 aliphatic rings. The van der Waals surface area contributed by atoms with Crippen LogP contribution in [0.3, 0.4) is 0 Å². The molecule has 1 aliphatic heterocycles. The van der Waals surface area contributed by atoms with Crippen molar-refractivity contribution in [3.05, 3.63) is 33.7 Å². The highest BCUT2D eigenvalue weighted by molar-refractivity contribution is 5.27. The molecule has 0 amide bonds. The predicted octanol–water partition coefficient (Wildman–Crippen LogP) is 1.17. The average Bonchev–Trinajstić information content (AvgIpc) is 2.36. The van der Waals surface area contributed by atoms with Crippen molar-refractivity contribution >= 4 is 0 Å². The molecular formula is C13H17N3O. The van der Waals surface area contributed by atoms with E-state index in [9.17, 15) is 4.79 Å². The first-order valence-corrected chi connectivity index (χ1v) is 6.06. The molecule has 1 aromatic heterocycles. The van der Waals surface area contributed by atoms with Crippen LogP contribution in [0.15, 0.2) is 16.9 Å². The van der Waals surface area contributed by atoms with Gasteiger partial charge in [-0.15, -0.1) is 0 Å². The Bertz CT molecular complexity index is 492. The van der Waals surface area contributed by atoms with Crippen molar-refractivity contribution in [1.82, 2.24) is 9.88 Å². The molecule has 1 atom stereocenters. The van der Waals surface area contributed by atoms with Gasteiger partial charge in [0.05, 0.1) is 0 Å². The SMILES string of the molecule is Cc1ccc(C#N)c(=O)n1CC1CCCCN1. The van der Waals surface area contributed by atoms with Gasteiger partial charge in [-0.05, 0) is 38.4 Å². The smallest absolute Gasteiger partial charge is 0.268 e. The molecule has 0 aromatic carbocycles. The van der Waals surface area contributed by atoms with Gasteiger partial charge >= 0.3 is 0 Å². The molecule has 1 saturated heterocycles. The molecule has 4 heteroatoms. The molecule has 0 saturated carbocycles. The van der Waals surface area contributed by atoms with E-state index < -0.39 is 0 Å². The van der Waals surface area contributed by atoms with Gasteiger partial charge in [0.25, 0.3) is 5.56 Å². The maximum absolute atomic E-state index is 12.0. The van der Waals surface area contributed by atoms with Crippen LogP contribution in [0.4, 0.5) is 0 Å². The van der Waals surface area contributed by atoms with Crippen molar-refractivity contribution in [3.63, 3.8) is 0 Å². The first kappa shape index (κ1) is 11.9. The molecule has 0 aliphatic carbocycles. The summed E-state index contributed by atoms with van der Waals surface area (Å²) in [5, 5.41) is 12.3. The van der Waals surface area contributed by atoms with Crippen molar-refractivity contribution in [3.8, 4) is 6.07 Å². The Hall–Kier alpha value is -1.60. The van der Waals surface area contributed by atoms with Crippen molar-refractivity contribution < 1.29 is 0 Å². The summed E-state index contributed by atoms with van der Waals surface area (Å²) in [7, 11) is 0. The van der Waals surface area contributed by atoms with E-state index in [0.717, 1.165) is 18.7 Å². The highest BCUT2D eigenvalue weighted by atomic mass is 16.1. The van der Waals surface area contributed by atoms with Gasteiger partial charge in [-0.25, -0.2) is 0 Å². The molecule has 1 fully saturated rings. The fourth-order valence-corrected chi connectivity index (χ4v) is 2.28. The van der Waals surface area contributed by atoms with E-state index in [-0.39, 0.29) is 11.1 Å². The standard InChI is InChI=1S/C13H17N3O/c1-10-5-6-11(8-14)13(17)16(10)9-12-4-2-3-7-15-12/h5-6,12,15H,2-4,7,9H2,1H3. The van der Waals surface area contributed by atoms with Crippen molar-refractivity contribution in [2.75, 3.05) is 6.54 Å². The van der Waals surface area contributed by atoms with Crippen LogP contribution >= 0.6 is 0 Å². The third-order valence-electron chi connectivity index (χ3n) is 3.33. The van der Waals surface area contributed by atoms with E-state index in [1.807, 2.05) is 19.1 Å². The molecule has 1 N–H and O–H groups in total. The first-order valence-electron chi connectivity index (χ1n) is 6.06. The Morgan fingerprint density at radius 2 is 2.35 bits per heavy atom. The lowest BCUT2D eigenvalue weighted by Crippen LogP contribution is -2.40. The summed E-state index contributed by atoms with van der Waals surface area (Å²) in [5.74, 6) is 0. The molecule has 0 radical (unpaired) electrons. The van der Waals surface area contributed by atoms with Gasteiger partial charge in [-0.2, -0.15) is 5.26 Å². The fraction of sp³-hybridized carbons (Fsp3) is 0.538. The molecule has 0 spiro atoms. The first-order chi connectivity index (χ1) is 8.22. The van der Waals surface area contributed by atoms with Crippen LogP contribution in [-0.2, 0) is 6.54 Å². The van der Waals surface area contributed by atoms with Crippen molar-refractivity contribution in [2.45, 2.75) is 38.8 Å². The molecular weight excluding hydrogens is 214 g/mol. The summed E-state index contributed by atoms with van der Waals surface area (Å²) < 4.78 is 1.71. The zero-order chi connectivity index (χ0) is 12.3. The number of aromatic nitrogens is 1. The van der Waals surface area contributed by atoms with Crippen LogP contribution in [0, 0.1) is 18.3 Å². The zero-order valence-corrected chi connectivity index (χ0v) is 10.1. The lowest BCUT2D eigenvalue weighted by molar-refractivity contribution is 0.357. The van der Waals surface area contributed by atoms with E-state index >= 15 is 0 Å². The highest BCUT2D eigenvalue weighted by Gasteiger charge is 2.15. The lowest BCUT2D eigenvalue weighted by Gasteiger charge is -2.25. The summed E-state index contributed by atoms with van der Waals surface area (Å²) >= 11 is 0. The molecule has 1 unspecified atom stereocenters. The highest BCUT2D eigenvalue weighted by Crippen LogP contribution is 2.09. The monoisotopic (exact) mass is 231 g/mol. The number of piperidine rings is 1. The summed E-state index contributed by atoms with van der Waals surface area (Å²) in [4.78, 5) is 12.0. The van der Waals surface area contributed by atoms with E-state index in [2.05, 4.69) is 5.32 Å². The summed E-state index contributed by atoms with van der Waals surface area (Å²) in [5.41, 5.74) is 0.979. The van der Waals surface area contributed by atoms with Crippen molar-refractivity contribution in [1.29, 1.82) is 5.26 Å². The Kier molecular flexibility index (Phi) is 3.60. The van der Waals surface area contributed by atoms with Gasteiger partial charge in [0.2, 0.25) is 0 Å². The fourth-order valence-electron chi connectivity index (χ4n) is 2.28. The summed E-state index contributed by atoms with van der Waals surface area (Å²) in [6.07, 6.45) is 3.52. The third kappa shape index (κ3) is 2.56. The minimum Gasteiger partial charge on any atom is -0.312 e. The number of pyridine rings is 1. The van der Waals surface area contributed by atoms with Gasteiger partial charge in [0, 0.05) is 18.3 Å². The van der Waals surface area contributed by atoms with Crippen LogP contribution < -0.4 is 10.9 Å². The van der Waals surface area contributed by atoms with Gasteiger partial charge in [0.15, 0.2) is 0 Å². The molecule has 2 heterocycles. The molecule has 1 aromatic rings. The molecule has 90 valence electrons. The Morgan fingerprint density at radius 3 is 3.00 bits per heavy atom. The Morgan fingerprint density at radius 1 is 1.53 bits per heavy atom. The molecule has 2 rings (SSSR count). The quantitative estimate of drug-likeness (QED) is 0.831. The van der Waals surface area contributed by atoms with Gasteiger partial charge in [-0.1, -0.05) is 6.42 Å². The number of rotatable bonds is 2. The number of hydrogen-bond acceptors (Lipinski definition) is 3. The second kappa shape index (κ2) is 5.15. The van der Waals surface area contributed by atoms with Crippen molar-refractivity contribution in [2.24, 2.45) is 0 Å². The normalized spacial score (nSPS) is 19.9. The minimum atomic E-state index is -0.167. The predicted molar refractivity (Wildman–Crippen MR) is 65.8 cm³/mol. The topological polar surface area (TPSA) is 57.8 Å². The molecule has 17 heavy (non-hydrogen) atoms. The van der Waals surface area contributed by atoms with Crippen LogP contribution in [0.25, 0.3) is 0 Å². The summed E-state index contributed by atoms with van der Waals surface area (Å²) in [6, 6.07) is 5.74. The Labute approximate surface area is 101 Å². The minimum absolute atomic E-state index is 0.167. The van der Waals surface area contributed by atoms with E-state index in [1.165, 1.54) is 12.8 Å².